The molecule has 0 aliphatic carbocycles. The van der Waals surface area contributed by atoms with Gasteiger partial charge in [0.2, 0.25) is 11.8 Å². The Labute approximate surface area is 155 Å². The van der Waals surface area contributed by atoms with Crippen LogP contribution >= 0.6 is 0 Å². The Kier molecular flexibility index (Phi) is 6.89. The molecule has 2 amide bonds. The average molecular weight is 359 g/mol. The first-order valence-electron chi connectivity index (χ1n) is 9.69. The van der Waals surface area contributed by atoms with Crippen molar-refractivity contribution in [3.8, 4) is 5.75 Å². The molecule has 2 fully saturated rings. The number of nitrogens with zero attached hydrogens (tertiary/aromatic N) is 1. The summed E-state index contributed by atoms with van der Waals surface area (Å²) in [5.41, 5.74) is 0. The zero-order chi connectivity index (χ0) is 18.2. The molecule has 1 unspecified atom stereocenters. The molecule has 2 aliphatic rings. The minimum Gasteiger partial charge on any atom is -0.493 e. The Bertz CT molecular complexity index is 579. The molecule has 2 saturated heterocycles. The highest BCUT2D eigenvalue weighted by molar-refractivity contribution is 5.80. The van der Waals surface area contributed by atoms with Gasteiger partial charge < -0.3 is 20.3 Å². The van der Waals surface area contributed by atoms with Crippen LogP contribution in [0.3, 0.4) is 0 Å². The molecule has 26 heavy (non-hydrogen) atoms. The van der Waals surface area contributed by atoms with Crippen molar-refractivity contribution in [3.05, 3.63) is 30.3 Å². The SMILES string of the molecule is O=C(NC1CCCNC1)C1CCN(C(=O)CCOc2ccccc2)CC1. The molecule has 2 aliphatic heterocycles. The molecule has 6 nitrogen and oxygen atoms in total. The third-order valence-corrected chi connectivity index (χ3v) is 5.19. The monoisotopic (exact) mass is 359 g/mol. The number of piperidine rings is 2. The van der Waals surface area contributed by atoms with E-state index in [-0.39, 0.29) is 23.8 Å². The van der Waals surface area contributed by atoms with Crippen LogP contribution < -0.4 is 15.4 Å². The van der Waals surface area contributed by atoms with E-state index in [9.17, 15) is 9.59 Å². The molecule has 2 N–H and O–H groups in total. The van der Waals surface area contributed by atoms with Crippen LogP contribution in [-0.4, -0.2) is 55.5 Å². The summed E-state index contributed by atoms with van der Waals surface area (Å²) in [6, 6.07) is 9.79. The fourth-order valence-corrected chi connectivity index (χ4v) is 3.62. The van der Waals surface area contributed by atoms with Gasteiger partial charge in [0.1, 0.15) is 5.75 Å². The third kappa shape index (κ3) is 5.46. The van der Waals surface area contributed by atoms with Gasteiger partial charge in [-0.25, -0.2) is 0 Å². The standard InChI is InChI=1S/C20H29N3O3/c24-19(10-14-26-18-6-2-1-3-7-18)23-12-8-16(9-13-23)20(25)22-17-5-4-11-21-15-17/h1-3,6-7,16-17,21H,4-5,8-15H2,(H,22,25). The first-order chi connectivity index (χ1) is 12.7. The maximum absolute atomic E-state index is 12.4. The van der Waals surface area contributed by atoms with Crippen LogP contribution in [0.4, 0.5) is 0 Å². The number of carbonyl (C=O) groups is 2. The van der Waals surface area contributed by atoms with Gasteiger partial charge in [0.25, 0.3) is 0 Å². The van der Waals surface area contributed by atoms with Crippen molar-refractivity contribution in [3.63, 3.8) is 0 Å². The summed E-state index contributed by atoms with van der Waals surface area (Å²) in [6.45, 7) is 3.61. The van der Waals surface area contributed by atoms with Gasteiger partial charge in [0.15, 0.2) is 0 Å². The summed E-state index contributed by atoms with van der Waals surface area (Å²) >= 11 is 0. The maximum atomic E-state index is 12.4. The molecule has 0 bridgehead atoms. The number of rotatable bonds is 6. The Balaban J connectivity index is 1.34. The molecule has 142 valence electrons. The summed E-state index contributed by atoms with van der Waals surface area (Å²) < 4.78 is 5.59. The highest BCUT2D eigenvalue weighted by atomic mass is 16.5. The number of likely N-dealkylation sites (tertiary alicyclic amines) is 1. The van der Waals surface area contributed by atoms with Crippen LogP contribution in [0.2, 0.25) is 0 Å². The largest absolute Gasteiger partial charge is 0.493 e. The van der Waals surface area contributed by atoms with Crippen LogP contribution in [0, 0.1) is 5.92 Å². The fourth-order valence-electron chi connectivity index (χ4n) is 3.62. The molecule has 1 atom stereocenters. The van der Waals surface area contributed by atoms with Crippen molar-refractivity contribution in [1.29, 1.82) is 0 Å². The van der Waals surface area contributed by atoms with E-state index in [1.54, 1.807) is 0 Å². The predicted molar refractivity (Wildman–Crippen MR) is 99.9 cm³/mol. The van der Waals surface area contributed by atoms with Crippen LogP contribution in [-0.2, 0) is 9.59 Å². The highest BCUT2D eigenvalue weighted by Gasteiger charge is 2.28. The van der Waals surface area contributed by atoms with E-state index in [0.29, 0.717) is 26.1 Å². The molecule has 1 aromatic carbocycles. The summed E-state index contributed by atoms with van der Waals surface area (Å²) in [5, 5.41) is 6.48. The van der Waals surface area contributed by atoms with Gasteiger partial charge in [-0.2, -0.15) is 0 Å². The van der Waals surface area contributed by atoms with Gasteiger partial charge in [-0.3, -0.25) is 9.59 Å². The second-order valence-corrected chi connectivity index (χ2v) is 7.12. The molecular formula is C20H29N3O3. The molecule has 0 aromatic heterocycles. The second-order valence-electron chi connectivity index (χ2n) is 7.12. The summed E-state index contributed by atoms with van der Waals surface area (Å²) in [6.07, 6.45) is 4.04. The fraction of sp³-hybridized carbons (Fsp3) is 0.600. The number of benzene rings is 1. The zero-order valence-electron chi connectivity index (χ0n) is 15.3. The van der Waals surface area contributed by atoms with Crippen LogP contribution in [0.25, 0.3) is 0 Å². The second kappa shape index (κ2) is 9.57. The van der Waals surface area contributed by atoms with Crippen molar-refractivity contribution < 1.29 is 14.3 Å². The first-order valence-corrected chi connectivity index (χ1v) is 9.69. The van der Waals surface area contributed by atoms with E-state index in [2.05, 4.69) is 10.6 Å². The number of para-hydroxylation sites is 1. The smallest absolute Gasteiger partial charge is 0.225 e. The van der Waals surface area contributed by atoms with Gasteiger partial charge >= 0.3 is 0 Å². The topological polar surface area (TPSA) is 70.7 Å². The number of hydrogen-bond acceptors (Lipinski definition) is 4. The van der Waals surface area contributed by atoms with E-state index in [0.717, 1.165) is 44.5 Å². The van der Waals surface area contributed by atoms with Crippen molar-refractivity contribution >= 4 is 11.8 Å². The average Bonchev–Trinajstić information content (AvgIpc) is 2.69. The van der Waals surface area contributed by atoms with Crippen molar-refractivity contribution in [2.45, 2.75) is 38.1 Å². The zero-order valence-corrected chi connectivity index (χ0v) is 15.3. The molecule has 0 saturated carbocycles. The highest BCUT2D eigenvalue weighted by Crippen LogP contribution is 2.19. The van der Waals surface area contributed by atoms with Gasteiger partial charge in [0.05, 0.1) is 13.0 Å². The quantitative estimate of drug-likeness (QED) is 0.809. The Hall–Kier alpha value is -2.08. The lowest BCUT2D eigenvalue weighted by Gasteiger charge is -2.33. The van der Waals surface area contributed by atoms with Crippen molar-refractivity contribution in [2.75, 3.05) is 32.8 Å². The number of ether oxygens (including phenoxy) is 1. The number of carbonyl (C=O) groups excluding carboxylic acids is 2. The predicted octanol–water partition coefficient (Wildman–Crippen LogP) is 1.56. The lowest BCUT2D eigenvalue weighted by molar-refractivity contribution is -0.136. The normalized spacial score (nSPS) is 21.2. The van der Waals surface area contributed by atoms with Crippen molar-refractivity contribution in [2.24, 2.45) is 5.92 Å². The first kappa shape index (κ1) is 18.7. The van der Waals surface area contributed by atoms with E-state index in [1.807, 2.05) is 35.2 Å². The van der Waals surface area contributed by atoms with Crippen LogP contribution in [0.5, 0.6) is 5.75 Å². The van der Waals surface area contributed by atoms with Crippen molar-refractivity contribution in [1.82, 2.24) is 15.5 Å². The van der Waals surface area contributed by atoms with Crippen LogP contribution in [0.15, 0.2) is 30.3 Å². The van der Waals surface area contributed by atoms with Gasteiger partial charge in [-0.05, 0) is 44.4 Å². The molecule has 0 spiro atoms. The molecule has 0 radical (unpaired) electrons. The van der Waals surface area contributed by atoms with Gasteiger partial charge in [-0.1, -0.05) is 18.2 Å². The maximum Gasteiger partial charge on any atom is 0.225 e. The molecule has 1 aromatic rings. The van der Waals surface area contributed by atoms with E-state index in [4.69, 9.17) is 4.74 Å². The molecular weight excluding hydrogens is 330 g/mol. The Morgan fingerprint density at radius 2 is 1.92 bits per heavy atom. The minimum absolute atomic E-state index is 0.0292. The van der Waals surface area contributed by atoms with E-state index in [1.165, 1.54) is 0 Å². The lowest BCUT2D eigenvalue weighted by atomic mass is 9.95. The summed E-state index contributed by atoms with van der Waals surface area (Å²) in [7, 11) is 0. The summed E-state index contributed by atoms with van der Waals surface area (Å²) in [5.74, 6) is 1.07. The van der Waals surface area contributed by atoms with Gasteiger partial charge in [0, 0.05) is 31.6 Å². The minimum atomic E-state index is 0.0292. The van der Waals surface area contributed by atoms with Crippen LogP contribution in [0.1, 0.15) is 32.1 Å². The molecule has 6 heteroatoms. The Morgan fingerprint density at radius 1 is 1.15 bits per heavy atom. The van der Waals surface area contributed by atoms with E-state index >= 15 is 0 Å². The number of nitrogens with one attached hydrogen (secondary N) is 2. The lowest BCUT2D eigenvalue weighted by Crippen LogP contribution is -2.49. The van der Waals surface area contributed by atoms with E-state index < -0.39 is 0 Å². The third-order valence-electron chi connectivity index (χ3n) is 5.19. The van der Waals surface area contributed by atoms with Gasteiger partial charge in [-0.15, -0.1) is 0 Å². The molecule has 3 rings (SSSR count). The number of amides is 2. The number of hydrogen-bond donors (Lipinski definition) is 2. The summed E-state index contributed by atoms with van der Waals surface area (Å²) in [4.78, 5) is 26.6. The Morgan fingerprint density at radius 3 is 2.62 bits per heavy atom. The molecule has 2 heterocycles.